The molecule has 8 heteroatoms. The SMILES string of the molecule is N#Cc1[se]c(C#N)c2ccccc12.NC(=O)c1[se]c(C(N)=O)c2ccccc12. The quantitative estimate of drug-likeness (QED) is 0.407. The number of hydrogen-bond acceptors (Lipinski definition) is 4. The van der Waals surface area contributed by atoms with E-state index in [1.54, 1.807) is 12.1 Å². The number of benzene rings is 2. The van der Waals surface area contributed by atoms with Crippen molar-refractivity contribution in [2.45, 2.75) is 0 Å². The Labute approximate surface area is 172 Å². The first-order valence-electron chi connectivity index (χ1n) is 7.90. The molecule has 0 aliphatic carbocycles. The van der Waals surface area contributed by atoms with Gasteiger partial charge < -0.3 is 0 Å². The van der Waals surface area contributed by atoms with Crippen molar-refractivity contribution in [3.8, 4) is 12.1 Å². The zero-order chi connectivity index (χ0) is 20.3. The molecule has 0 atom stereocenters. The van der Waals surface area contributed by atoms with Gasteiger partial charge in [0.2, 0.25) is 0 Å². The van der Waals surface area contributed by atoms with Gasteiger partial charge >= 0.3 is 172 Å². The van der Waals surface area contributed by atoms with Crippen LogP contribution in [0.2, 0.25) is 0 Å². The number of carbonyl (C=O) groups is 2. The average molecular weight is 498 g/mol. The number of fused-ring (bicyclic) bond motifs is 2. The van der Waals surface area contributed by atoms with Crippen molar-refractivity contribution in [3.05, 3.63) is 66.3 Å². The van der Waals surface area contributed by atoms with Crippen LogP contribution in [0.25, 0.3) is 21.5 Å². The van der Waals surface area contributed by atoms with Gasteiger partial charge in [0, 0.05) is 0 Å². The summed E-state index contributed by atoms with van der Waals surface area (Å²) in [5.74, 6) is -0.947. The molecule has 2 aromatic carbocycles. The summed E-state index contributed by atoms with van der Waals surface area (Å²) in [6.45, 7) is 0. The van der Waals surface area contributed by atoms with Crippen molar-refractivity contribution in [1.29, 1.82) is 10.5 Å². The molecule has 0 saturated heterocycles. The van der Waals surface area contributed by atoms with Gasteiger partial charge in [-0.25, -0.2) is 0 Å². The third-order valence-electron chi connectivity index (χ3n) is 3.89. The Morgan fingerprint density at radius 2 is 1.04 bits per heavy atom. The van der Waals surface area contributed by atoms with Crippen molar-refractivity contribution < 1.29 is 9.59 Å². The van der Waals surface area contributed by atoms with Crippen LogP contribution in [0.1, 0.15) is 27.3 Å². The van der Waals surface area contributed by atoms with Gasteiger partial charge in [-0.05, 0) is 0 Å². The van der Waals surface area contributed by atoms with E-state index in [-0.39, 0.29) is 29.0 Å². The third-order valence-corrected chi connectivity index (χ3v) is 8.68. The van der Waals surface area contributed by atoms with E-state index in [1.165, 1.54) is 0 Å². The molecule has 0 saturated carbocycles. The van der Waals surface area contributed by atoms with E-state index in [9.17, 15) is 9.59 Å². The molecule has 0 bridgehead atoms. The van der Waals surface area contributed by atoms with Crippen molar-refractivity contribution in [3.63, 3.8) is 0 Å². The van der Waals surface area contributed by atoms with Crippen molar-refractivity contribution in [2.75, 3.05) is 0 Å². The summed E-state index contributed by atoms with van der Waals surface area (Å²) in [6.07, 6.45) is 0. The van der Waals surface area contributed by atoms with E-state index < -0.39 is 11.8 Å². The molecule has 0 aliphatic heterocycles. The monoisotopic (exact) mass is 500 g/mol. The van der Waals surface area contributed by atoms with E-state index in [1.807, 2.05) is 36.4 Å². The first-order chi connectivity index (χ1) is 13.5. The summed E-state index contributed by atoms with van der Waals surface area (Å²) >= 11 is -0.436. The minimum absolute atomic E-state index is 0.0762. The number of nitriles is 2. The van der Waals surface area contributed by atoms with E-state index in [0.717, 1.165) is 30.4 Å². The van der Waals surface area contributed by atoms with Gasteiger partial charge in [0.1, 0.15) is 0 Å². The van der Waals surface area contributed by atoms with E-state index in [2.05, 4.69) is 12.1 Å². The predicted octanol–water partition coefficient (Wildman–Crippen LogP) is 1.73. The van der Waals surface area contributed by atoms with E-state index in [4.69, 9.17) is 22.0 Å². The van der Waals surface area contributed by atoms with Gasteiger partial charge in [0.05, 0.1) is 0 Å². The van der Waals surface area contributed by atoms with Crippen LogP contribution in [0.4, 0.5) is 0 Å². The number of nitrogens with two attached hydrogens (primary N) is 2. The molecular weight excluding hydrogens is 486 g/mol. The molecule has 6 nitrogen and oxygen atoms in total. The first-order valence-corrected chi connectivity index (χ1v) is 11.3. The number of amides is 2. The van der Waals surface area contributed by atoms with Crippen LogP contribution in [0.15, 0.2) is 48.5 Å². The molecule has 4 rings (SSSR count). The standard InChI is InChI=1S/C10H8N2O2Se.C10H4N2Se/c11-9(13)7-5-3-1-2-4-6(5)8(15-7)10(12)14;11-5-9-7-3-1-2-4-8(7)10(6-12)13-9/h1-4H,(H2,11,13)(H2,12,14);1-4H. The van der Waals surface area contributed by atoms with Gasteiger partial charge in [-0.1, -0.05) is 0 Å². The molecule has 0 radical (unpaired) electrons. The number of hydrogen-bond donors (Lipinski definition) is 2. The van der Waals surface area contributed by atoms with Crippen LogP contribution in [-0.2, 0) is 0 Å². The fourth-order valence-corrected chi connectivity index (χ4v) is 6.60. The molecular formula is C20H12N4O2Se2. The summed E-state index contributed by atoms with van der Waals surface area (Å²) in [5, 5.41) is 21.1. The van der Waals surface area contributed by atoms with Crippen LogP contribution in [0.3, 0.4) is 0 Å². The van der Waals surface area contributed by atoms with E-state index in [0.29, 0.717) is 8.87 Å². The Bertz CT molecular complexity index is 1210. The first kappa shape index (κ1) is 19.6. The zero-order valence-electron chi connectivity index (χ0n) is 14.3. The van der Waals surface area contributed by atoms with Gasteiger partial charge in [0.25, 0.3) is 0 Å². The average Bonchev–Trinajstić information content (AvgIpc) is 3.27. The van der Waals surface area contributed by atoms with Gasteiger partial charge in [-0.3, -0.25) is 0 Å². The molecule has 0 spiro atoms. The maximum absolute atomic E-state index is 11.2. The van der Waals surface area contributed by atoms with Crippen molar-refractivity contribution in [1.82, 2.24) is 0 Å². The van der Waals surface area contributed by atoms with Gasteiger partial charge in [-0.2, -0.15) is 0 Å². The topological polar surface area (TPSA) is 134 Å². The third kappa shape index (κ3) is 3.64. The molecule has 0 fully saturated rings. The second kappa shape index (κ2) is 8.27. The van der Waals surface area contributed by atoms with Crippen LogP contribution < -0.4 is 11.5 Å². The fourth-order valence-electron chi connectivity index (χ4n) is 2.71. The summed E-state index contributed by atoms with van der Waals surface area (Å²) in [5.41, 5.74) is 10.5. The number of nitrogens with zero attached hydrogens (tertiary/aromatic N) is 2. The molecule has 2 aromatic heterocycles. The Morgan fingerprint density at radius 1 is 0.679 bits per heavy atom. The summed E-state index contributed by atoms with van der Waals surface area (Å²) in [4.78, 5) is 22.3. The van der Waals surface area contributed by atoms with Crippen LogP contribution in [0.5, 0.6) is 0 Å². The molecule has 2 heterocycles. The maximum atomic E-state index is 11.2. The summed E-state index contributed by atoms with van der Waals surface area (Å²) in [7, 11) is 0. The molecule has 2 amide bonds. The van der Waals surface area contributed by atoms with E-state index >= 15 is 0 Å². The van der Waals surface area contributed by atoms with Crippen LogP contribution in [-0.4, -0.2) is 40.8 Å². The second-order valence-corrected chi connectivity index (χ2v) is 9.85. The Hall–Kier alpha value is -3.12. The number of primary amides is 2. The molecule has 0 unspecified atom stereocenters. The predicted molar refractivity (Wildman–Crippen MR) is 108 cm³/mol. The number of carbonyl (C=O) groups excluding carboxylic acids is 2. The molecule has 4 N–H and O–H groups in total. The Balaban J connectivity index is 0.000000162. The van der Waals surface area contributed by atoms with Gasteiger partial charge in [-0.15, -0.1) is 0 Å². The molecule has 0 aliphatic rings. The minimum atomic E-state index is -0.473. The Morgan fingerprint density at radius 3 is 1.36 bits per heavy atom. The zero-order valence-corrected chi connectivity index (χ0v) is 17.7. The van der Waals surface area contributed by atoms with Gasteiger partial charge in [0.15, 0.2) is 0 Å². The fraction of sp³-hybridized carbons (Fsp3) is 0. The van der Waals surface area contributed by atoms with Crippen molar-refractivity contribution in [2.24, 2.45) is 11.5 Å². The summed E-state index contributed by atoms with van der Waals surface area (Å²) in [6, 6.07) is 19.1. The Kier molecular flexibility index (Phi) is 5.80. The summed E-state index contributed by atoms with van der Waals surface area (Å²) < 4.78 is 2.57. The molecule has 4 aromatic rings. The van der Waals surface area contributed by atoms with Crippen LogP contribution >= 0.6 is 0 Å². The molecule has 28 heavy (non-hydrogen) atoms. The number of rotatable bonds is 2. The van der Waals surface area contributed by atoms with Crippen LogP contribution in [0, 0.1) is 22.7 Å². The van der Waals surface area contributed by atoms with Crippen molar-refractivity contribution >= 4 is 62.4 Å². The normalized spacial score (nSPS) is 9.93. The molecule has 136 valence electrons. The second-order valence-electron chi connectivity index (χ2n) is 5.56.